The third kappa shape index (κ3) is 39.3. The average Bonchev–Trinajstić information content (AvgIpc) is 3.07. The molecule has 308 valence electrons. The van der Waals surface area contributed by atoms with Crippen LogP contribution in [0.25, 0.3) is 0 Å². The second-order valence-electron chi connectivity index (χ2n) is 17.4. The van der Waals surface area contributed by atoms with E-state index in [4.69, 9.17) is 8.37 Å². The average molecular weight is 747 g/mol. The first-order valence-electron chi connectivity index (χ1n) is 22.7. The summed E-state index contributed by atoms with van der Waals surface area (Å²) in [4.78, 5) is 0. The fraction of sp³-hybridized carbons (Fsp3) is 1.00. The Kier molecular flexibility index (Phi) is 35.3. The van der Waals surface area contributed by atoms with Gasteiger partial charge in [-0.05, 0) is 25.7 Å². The molecular formula is C44H94N2O4S+2. The van der Waals surface area contributed by atoms with Gasteiger partial charge < -0.3 is 8.97 Å². The lowest BCUT2D eigenvalue weighted by molar-refractivity contribution is -0.890. The van der Waals surface area contributed by atoms with Crippen LogP contribution >= 0.6 is 0 Å². The summed E-state index contributed by atoms with van der Waals surface area (Å²) >= 11 is 0. The SMILES string of the molecule is CCCCCCCCCCCCCCCCCC[N+](C)(C)CCOS(=O)(=O)OCC[N+](C)(C)CCCCCCCCCCCCCCCCCC. The van der Waals surface area contributed by atoms with E-state index in [-0.39, 0.29) is 13.2 Å². The van der Waals surface area contributed by atoms with Crippen molar-refractivity contribution >= 4 is 10.4 Å². The third-order valence-corrected chi connectivity index (χ3v) is 12.0. The topological polar surface area (TPSA) is 52.6 Å². The van der Waals surface area contributed by atoms with E-state index in [1.54, 1.807) is 0 Å². The Labute approximate surface area is 322 Å². The molecule has 0 N–H and O–H groups in total. The normalized spacial score (nSPS) is 12.7. The lowest BCUT2D eigenvalue weighted by atomic mass is 10.0. The molecule has 6 nitrogen and oxygen atoms in total. The number of rotatable bonds is 42. The van der Waals surface area contributed by atoms with Crippen molar-refractivity contribution in [1.82, 2.24) is 0 Å². The van der Waals surface area contributed by atoms with E-state index in [0.717, 1.165) is 22.1 Å². The first-order chi connectivity index (χ1) is 24.5. The third-order valence-electron chi connectivity index (χ3n) is 11.1. The predicted molar refractivity (Wildman–Crippen MR) is 224 cm³/mol. The van der Waals surface area contributed by atoms with Crippen LogP contribution < -0.4 is 0 Å². The minimum Gasteiger partial charge on any atom is -0.327 e. The molecule has 7 heteroatoms. The standard InChI is InChI=1S/C44H94N2O4S/c1-7-9-11-13-15-17-19-21-23-25-27-29-31-33-35-37-39-45(3,4)41-43-49-51(47,48)50-44-42-46(5,6)40-38-36-34-32-30-28-26-24-22-20-18-16-14-12-10-8-2/h7-44H2,1-6H3/q+2. The highest BCUT2D eigenvalue weighted by Crippen LogP contribution is 2.16. The van der Waals surface area contributed by atoms with Crippen molar-refractivity contribution in [2.75, 3.05) is 67.6 Å². The second-order valence-corrected chi connectivity index (χ2v) is 18.7. The zero-order chi connectivity index (χ0) is 37.8. The maximum absolute atomic E-state index is 12.4. The molecule has 51 heavy (non-hydrogen) atoms. The van der Waals surface area contributed by atoms with Crippen LogP contribution in [0.1, 0.15) is 219 Å². The highest BCUT2D eigenvalue weighted by atomic mass is 32.3. The van der Waals surface area contributed by atoms with E-state index >= 15 is 0 Å². The zero-order valence-electron chi connectivity index (χ0n) is 35.8. The molecule has 0 rings (SSSR count). The van der Waals surface area contributed by atoms with Gasteiger partial charge in [0.15, 0.2) is 0 Å². The molecule has 0 aromatic carbocycles. The van der Waals surface area contributed by atoms with Crippen molar-refractivity contribution in [2.24, 2.45) is 0 Å². The molecule has 0 radical (unpaired) electrons. The van der Waals surface area contributed by atoms with Crippen LogP contribution in [0.3, 0.4) is 0 Å². The number of nitrogens with zero attached hydrogens (tertiary/aromatic N) is 2. The number of unbranched alkanes of at least 4 members (excludes halogenated alkanes) is 30. The van der Waals surface area contributed by atoms with Gasteiger partial charge in [-0.25, -0.2) is 8.37 Å². The summed E-state index contributed by atoms with van der Waals surface area (Å²) in [6.45, 7) is 8.36. The fourth-order valence-electron chi connectivity index (χ4n) is 7.21. The molecule has 0 saturated heterocycles. The molecule has 0 saturated carbocycles. The van der Waals surface area contributed by atoms with E-state index in [1.807, 2.05) is 0 Å². The molecular weight excluding hydrogens is 653 g/mol. The van der Waals surface area contributed by atoms with Crippen molar-refractivity contribution in [1.29, 1.82) is 0 Å². The van der Waals surface area contributed by atoms with Crippen LogP contribution in [0.15, 0.2) is 0 Å². The quantitative estimate of drug-likeness (QED) is 0.0461. The largest absolute Gasteiger partial charge is 0.400 e. The van der Waals surface area contributed by atoms with E-state index in [0.29, 0.717) is 13.1 Å². The smallest absolute Gasteiger partial charge is 0.327 e. The highest BCUT2D eigenvalue weighted by Gasteiger charge is 2.21. The molecule has 0 amide bonds. The summed E-state index contributed by atoms with van der Waals surface area (Å²) in [6, 6.07) is 0. The van der Waals surface area contributed by atoms with Gasteiger partial charge in [-0.15, -0.1) is 0 Å². The highest BCUT2D eigenvalue weighted by molar-refractivity contribution is 7.81. The minimum atomic E-state index is -3.95. The van der Waals surface area contributed by atoms with Gasteiger partial charge in [-0.2, -0.15) is 8.42 Å². The Morgan fingerprint density at radius 1 is 0.314 bits per heavy atom. The Balaban J connectivity index is 3.68. The monoisotopic (exact) mass is 747 g/mol. The fourth-order valence-corrected chi connectivity index (χ4v) is 7.83. The number of quaternary nitrogens is 2. The summed E-state index contributed by atoms with van der Waals surface area (Å²) in [5.74, 6) is 0. The number of hydrogen-bond acceptors (Lipinski definition) is 4. The number of hydrogen-bond donors (Lipinski definition) is 0. The Morgan fingerprint density at radius 3 is 0.725 bits per heavy atom. The maximum Gasteiger partial charge on any atom is 0.400 e. The summed E-state index contributed by atoms with van der Waals surface area (Å²) < 4.78 is 36.8. The van der Waals surface area contributed by atoms with Gasteiger partial charge in [0.1, 0.15) is 26.3 Å². The van der Waals surface area contributed by atoms with Gasteiger partial charge in [-0.1, -0.05) is 194 Å². The predicted octanol–water partition coefficient (Wildman–Crippen LogP) is 12.9. The summed E-state index contributed by atoms with van der Waals surface area (Å²) in [5, 5.41) is 0. The van der Waals surface area contributed by atoms with E-state index in [9.17, 15) is 8.42 Å². The second kappa shape index (κ2) is 35.5. The Hall–Kier alpha value is -0.210. The van der Waals surface area contributed by atoms with Gasteiger partial charge in [0, 0.05) is 0 Å². The van der Waals surface area contributed by atoms with Crippen LogP contribution in [0.5, 0.6) is 0 Å². The molecule has 0 aliphatic carbocycles. The molecule has 0 aliphatic rings. The van der Waals surface area contributed by atoms with Crippen molar-refractivity contribution in [3.8, 4) is 0 Å². The molecule has 0 aromatic rings. The van der Waals surface area contributed by atoms with Gasteiger partial charge in [0.25, 0.3) is 0 Å². The number of likely N-dealkylation sites (N-methyl/N-ethyl adjacent to an activating group) is 2. The van der Waals surface area contributed by atoms with Crippen LogP contribution in [-0.4, -0.2) is 85.0 Å². The van der Waals surface area contributed by atoms with Gasteiger partial charge in [0.05, 0.1) is 41.3 Å². The first kappa shape index (κ1) is 50.8. The lowest BCUT2D eigenvalue weighted by Crippen LogP contribution is -2.44. The van der Waals surface area contributed by atoms with Crippen LogP contribution in [0.2, 0.25) is 0 Å². The molecule has 0 aromatic heterocycles. The van der Waals surface area contributed by atoms with E-state index in [2.05, 4.69) is 42.0 Å². The molecule has 0 bridgehead atoms. The molecule has 0 fully saturated rings. The molecule has 0 aliphatic heterocycles. The lowest BCUT2D eigenvalue weighted by Gasteiger charge is -2.30. The summed E-state index contributed by atoms with van der Waals surface area (Å²) in [7, 11) is 4.72. The first-order valence-corrected chi connectivity index (χ1v) is 24.0. The van der Waals surface area contributed by atoms with E-state index in [1.165, 1.54) is 205 Å². The molecule has 0 heterocycles. The zero-order valence-corrected chi connectivity index (χ0v) is 36.6. The van der Waals surface area contributed by atoms with Crippen LogP contribution in [-0.2, 0) is 18.8 Å². The van der Waals surface area contributed by atoms with Gasteiger partial charge in [0.2, 0.25) is 0 Å². The minimum absolute atomic E-state index is 0.172. The van der Waals surface area contributed by atoms with Gasteiger partial charge in [-0.3, -0.25) is 0 Å². The maximum atomic E-state index is 12.4. The van der Waals surface area contributed by atoms with E-state index < -0.39 is 10.4 Å². The molecule has 0 spiro atoms. The Morgan fingerprint density at radius 2 is 0.510 bits per heavy atom. The van der Waals surface area contributed by atoms with Crippen molar-refractivity contribution in [3.05, 3.63) is 0 Å². The summed E-state index contributed by atoms with van der Waals surface area (Å²) in [5.41, 5.74) is 0. The summed E-state index contributed by atoms with van der Waals surface area (Å²) in [6.07, 6.45) is 44.1. The molecule has 0 atom stereocenters. The van der Waals surface area contributed by atoms with Crippen molar-refractivity contribution in [3.63, 3.8) is 0 Å². The van der Waals surface area contributed by atoms with Crippen molar-refractivity contribution in [2.45, 2.75) is 219 Å². The molecule has 0 unspecified atom stereocenters. The van der Waals surface area contributed by atoms with Gasteiger partial charge >= 0.3 is 10.4 Å². The Bertz CT molecular complexity index is 758. The van der Waals surface area contributed by atoms with Crippen LogP contribution in [0, 0.1) is 0 Å². The van der Waals surface area contributed by atoms with Crippen LogP contribution in [0.4, 0.5) is 0 Å². The van der Waals surface area contributed by atoms with Crippen molar-refractivity contribution < 1.29 is 25.8 Å².